The number of hydrogen-bond acceptors (Lipinski definition) is 3. The lowest BCUT2D eigenvalue weighted by atomic mass is 10.0. The van der Waals surface area contributed by atoms with Crippen LogP contribution in [0, 0.1) is 0 Å². The van der Waals surface area contributed by atoms with Crippen LogP contribution in [0.5, 0.6) is 0 Å². The van der Waals surface area contributed by atoms with Gasteiger partial charge in [0.05, 0.1) is 0 Å². The smallest absolute Gasteiger partial charge is 0.328 e. The summed E-state index contributed by atoms with van der Waals surface area (Å²) in [6.07, 6.45) is 36.2. The summed E-state index contributed by atoms with van der Waals surface area (Å²) < 4.78 is 0. The van der Waals surface area contributed by atoms with Gasteiger partial charge in [-0.15, -0.1) is 0 Å². The molecule has 0 aliphatic carbocycles. The quantitative estimate of drug-likeness (QED) is 0.0633. The van der Waals surface area contributed by atoms with Crippen LogP contribution in [0.3, 0.4) is 0 Å². The normalized spacial score (nSPS) is 11.9. The Morgan fingerprint density at radius 1 is 0.442 bits per heavy atom. The molecule has 43 heavy (non-hydrogen) atoms. The van der Waals surface area contributed by atoms with E-state index in [9.17, 15) is 19.5 Å². The van der Waals surface area contributed by atoms with Crippen LogP contribution in [-0.4, -0.2) is 35.5 Å². The van der Waals surface area contributed by atoms with E-state index in [1.165, 1.54) is 141 Å². The first-order valence-electron chi connectivity index (χ1n) is 18.8. The van der Waals surface area contributed by atoms with Crippen molar-refractivity contribution in [3.8, 4) is 0 Å². The first-order chi connectivity index (χ1) is 21.0. The third-order valence-corrected chi connectivity index (χ3v) is 8.65. The number of nitrogens with one attached hydrogen (secondary N) is 2. The summed E-state index contributed by atoms with van der Waals surface area (Å²) in [5.41, 5.74) is 0. The van der Waals surface area contributed by atoms with Crippen LogP contribution in [0.15, 0.2) is 0 Å². The Kier molecular flexibility index (Phi) is 32.1. The zero-order chi connectivity index (χ0) is 31.6. The van der Waals surface area contributed by atoms with Gasteiger partial charge in [0.1, 0.15) is 6.04 Å². The van der Waals surface area contributed by atoms with Crippen molar-refractivity contribution in [2.45, 2.75) is 213 Å². The Balaban J connectivity index is 3.63. The van der Waals surface area contributed by atoms with Gasteiger partial charge < -0.3 is 15.7 Å². The lowest BCUT2D eigenvalue weighted by Gasteiger charge is -2.15. The van der Waals surface area contributed by atoms with Crippen LogP contribution < -0.4 is 10.6 Å². The summed E-state index contributed by atoms with van der Waals surface area (Å²) in [6, 6.07) is -1.07. The maximum atomic E-state index is 12.2. The summed E-state index contributed by atoms with van der Waals surface area (Å²) in [7, 11) is 0. The second-order valence-electron chi connectivity index (χ2n) is 13.0. The monoisotopic (exact) mass is 609 g/mol. The molecule has 6 heteroatoms. The number of amides is 2. The molecule has 0 radical (unpaired) electrons. The summed E-state index contributed by atoms with van der Waals surface area (Å²) >= 11 is 0. The van der Waals surface area contributed by atoms with Crippen molar-refractivity contribution in [2.75, 3.05) is 6.54 Å². The van der Waals surface area contributed by atoms with Crippen molar-refractivity contribution in [1.29, 1.82) is 0 Å². The van der Waals surface area contributed by atoms with Gasteiger partial charge in [0, 0.05) is 19.4 Å². The number of carbonyl (C=O) groups excluding carboxylic acids is 2. The molecule has 3 N–H and O–H groups in total. The molecule has 1 unspecified atom stereocenters. The van der Waals surface area contributed by atoms with Crippen LogP contribution in [0.2, 0.25) is 0 Å². The third-order valence-electron chi connectivity index (χ3n) is 8.65. The van der Waals surface area contributed by atoms with Gasteiger partial charge >= 0.3 is 5.97 Å². The van der Waals surface area contributed by atoms with E-state index in [4.69, 9.17) is 0 Å². The maximum absolute atomic E-state index is 12.2. The average molecular weight is 609 g/mol. The topological polar surface area (TPSA) is 95.5 Å². The predicted molar refractivity (Wildman–Crippen MR) is 182 cm³/mol. The van der Waals surface area contributed by atoms with Gasteiger partial charge in [-0.3, -0.25) is 9.59 Å². The summed E-state index contributed by atoms with van der Waals surface area (Å²) in [5.74, 6) is -1.48. The predicted octanol–water partition coefficient (Wildman–Crippen LogP) is 10.4. The minimum atomic E-state index is -1.11. The van der Waals surface area contributed by atoms with Crippen LogP contribution in [0.25, 0.3) is 0 Å². The van der Waals surface area contributed by atoms with Crippen LogP contribution in [-0.2, 0) is 14.4 Å². The molecular formula is C37H72N2O4. The van der Waals surface area contributed by atoms with E-state index in [-0.39, 0.29) is 18.4 Å². The Morgan fingerprint density at radius 2 is 0.721 bits per heavy atom. The van der Waals surface area contributed by atoms with Crippen LogP contribution in [0.4, 0.5) is 0 Å². The van der Waals surface area contributed by atoms with Crippen molar-refractivity contribution < 1.29 is 19.5 Å². The minimum Gasteiger partial charge on any atom is -0.480 e. The molecule has 1 atom stereocenters. The molecule has 0 aromatic heterocycles. The number of carboxylic acids is 1. The molecule has 2 amide bonds. The fourth-order valence-corrected chi connectivity index (χ4v) is 5.73. The highest BCUT2D eigenvalue weighted by atomic mass is 16.4. The van der Waals surface area contributed by atoms with Gasteiger partial charge in [-0.1, -0.05) is 181 Å². The zero-order valence-corrected chi connectivity index (χ0v) is 28.7. The number of carboxylic acid groups (broad SMARTS) is 1. The van der Waals surface area contributed by atoms with E-state index in [2.05, 4.69) is 24.5 Å². The van der Waals surface area contributed by atoms with Gasteiger partial charge in [0.2, 0.25) is 11.8 Å². The van der Waals surface area contributed by atoms with Crippen molar-refractivity contribution in [1.82, 2.24) is 10.6 Å². The first kappa shape index (κ1) is 41.4. The van der Waals surface area contributed by atoms with E-state index in [1.54, 1.807) is 0 Å². The van der Waals surface area contributed by atoms with E-state index < -0.39 is 12.0 Å². The average Bonchev–Trinajstić information content (AvgIpc) is 2.99. The number of aliphatic carboxylic acids is 1. The zero-order valence-electron chi connectivity index (χ0n) is 28.7. The Morgan fingerprint density at radius 3 is 1.02 bits per heavy atom. The molecule has 254 valence electrons. The lowest BCUT2D eigenvalue weighted by molar-refractivity contribution is -0.141. The van der Waals surface area contributed by atoms with Gasteiger partial charge in [0.25, 0.3) is 0 Å². The van der Waals surface area contributed by atoms with Gasteiger partial charge in [-0.2, -0.15) is 0 Å². The summed E-state index contributed by atoms with van der Waals surface area (Å²) in [5, 5.41) is 14.8. The molecule has 0 heterocycles. The third kappa shape index (κ3) is 31.6. The van der Waals surface area contributed by atoms with Crippen molar-refractivity contribution >= 4 is 17.8 Å². The molecule has 0 fully saturated rings. The standard InChI is InChI=1S/C37H72N2O4/c1-3-5-7-9-11-13-15-17-18-20-21-23-25-27-29-31-35(40)38-33-34(37(42)43)39-36(41)32-30-28-26-24-22-19-16-14-12-10-8-6-4-2/h34H,3-33H2,1-2H3,(H,38,40)(H,39,41)(H,42,43). The number of unbranched alkanes of at least 4 members (excludes halogenated alkanes) is 26. The van der Waals surface area contributed by atoms with Gasteiger partial charge in [0.15, 0.2) is 0 Å². The SMILES string of the molecule is CCCCCCCCCCCCCCCCCC(=O)NCC(NC(=O)CCCCCCCCCCCCCCC)C(=O)O. The molecule has 0 aromatic carbocycles. The molecule has 0 aliphatic heterocycles. The second kappa shape index (κ2) is 33.3. The molecular weight excluding hydrogens is 536 g/mol. The van der Waals surface area contributed by atoms with Gasteiger partial charge in [-0.05, 0) is 12.8 Å². The molecule has 0 bridgehead atoms. The highest BCUT2D eigenvalue weighted by Crippen LogP contribution is 2.15. The Labute approximate surface area is 266 Å². The van der Waals surface area contributed by atoms with Crippen LogP contribution in [0.1, 0.15) is 206 Å². The highest BCUT2D eigenvalue weighted by Gasteiger charge is 2.20. The summed E-state index contributed by atoms with van der Waals surface area (Å²) in [4.78, 5) is 36.0. The fourth-order valence-electron chi connectivity index (χ4n) is 5.73. The van der Waals surface area contributed by atoms with E-state index in [0.717, 1.165) is 38.5 Å². The second-order valence-corrected chi connectivity index (χ2v) is 13.0. The van der Waals surface area contributed by atoms with Crippen molar-refractivity contribution in [3.05, 3.63) is 0 Å². The Hall–Kier alpha value is -1.59. The molecule has 0 spiro atoms. The van der Waals surface area contributed by atoms with Crippen molar-refractivity contribution in [3.63, 3.8) is 0 Å². The molecule has 0 saturated heterocycles. The Bertz CT molecular complexity index is 640. The minimum absolute atomic E-state index is 0.0583. The molecule has 0 rings (SSSR count). The largest absolute Gasteiger partial charge is 0.480 e. The number of carbonyl (C=O) groups is 3. The number of rotatable bonds is 34. The fraction of sp³-hybridized carbons (Fsp3) is 0.919. The molecule has 0 aromatic rings. The lowest BCUT2D eigenvalue weighted by Crippen LogP contribution is -2.48. The molecule has 0 aliphatic rings. The highest BCUT2D eigenvalue weighted by molar-refractivity contribution is 5.84. The maximum Gasteiger partial charge on any atom is 0.328 e. The summed E-state index contributed by atoms with van der Waals surface area (Å²) in [6.45, 7) is 4.46. The molecule has 6 nitrogen and oxygen atoms in total. The molecule has 0 saturated carbocycles. The van der Waals surface area contributed by atoms with Crippen molar-refractivity contribution in [2.24, 2.45) is 0 Å². The van der Waals surface area contributed by atoms with E-state index in [0.29, 0.717) is 12.8 Å². The first-order valence-corrected chi connectivity index (χ1v) is 18.8. The van der Waals surface area contributed by atoms with Crippen LogP contribution >= 0.6 is 0 Å². The van der Waals surface area contributed by atoms with Gasteiger partial charge in [-0.25, -0.2) is 4.79 Å². The number of hydrogen-bond donors (Lipinski definition) is 3. The van der Waals surface area contributed by atoms with E-state index >= 15 is 0 Å². The van der Waals surface area contributed by atoms with E-state index in [1.807, 2.05) is 0 Å².